The molecule has 0 bridgehead atoms. The van der Waals surface area contributed by atoms with E-state index in [9.17, 15) is 0 Å². The zero-order valence-corrected chi connectivity index (χ0v) is 8.46. The Morgan fingerprint density at radius 3 is 3.29 bits per heavy atom. The maximum Gasteiger partial charge on any atom is 0.105 e. The van der Waals surface area contributed by atoms with Crippen LogP contribution < -0.4 is 10.6 Å². The SMILES string of the molecule is c1coc(CCNC2CCCNC2)c1. The standard InChI is InChI=1S/C11H18N2O/c1-3-10(9-12-6-1)13-7-5-11-4-2-8-14-11/h2,4,8,10,12-13H,1,3,5-7,9H2. The lowest BCUT2D eigenvalue weighted by molar-refractivity contribution is 0.386. The molecule has 1 unspecified atom stereocenters. The predicted octanol–water partition coefficient (Wildman–Crippen LogP) is 1.16. The van der Waals surface area contributed by atoms with E-state index in [1.54, 1.807) is 6.26 Å². The van der Waals surface area contributed by atoms with Gasteiger partial charge < -0.3 is 15.1 Å². The van der Waals surface area contributed by atoms with Gasteiger partial charge in [0.2, 0.25) is 0 Å². The van der Waals surface area contributed by atoms with E-state index < -0.39 is 0 Å². The molecule has 0 amide bonds. The monoisotopic (exact) mass is 194 g/mol. The summed E-state index contributed by atoms with van der Waals surface area (Å²) in [5.74, 6) is 1.07. The molecule has 1 fully saturated rings. The first-order valence-electron chi connectivity index (χ1n) is 5.41. The van der Waals surface area contributed by atoms with Crippen molar-refractivity contribution in [1.82, 2.24) is 10.6 Å². The van der Waals surface area contributed by atoms with Crippen molar-refractivity contribution in [1.29, 1.82) is 0 Å². The highest BCUT2D eigenvalue weighted by atomic mass is 16.3. The highest BCUT2D eigenvalue weighted by Crippen LogP contribution is 2.03. The number of hydrogen-bond acceptors (Lipinski definition) is 3. The first-order chi connectivity index (χ1) is 6.95. The van der Waals surface area contributed by atoms with Gasteiger partial charge >= 0.3 is 0 Å². The van der Waals surface area contributed by atoms with E-state index in [-0.39, 0.29) is 0 Å². The fraction of sp³-hybridized carbons (Fsp3) is 0.636. The third-order valence-corrected chi connectivity index (χ3v) is 2.68. The Balaban J connectivity index is 1.62. The maximum atomic E-state index is 5.27. The van der Waals surface area contributed by atoms with Gasteiger partial charge in [0.05, 0.1) is 6.26 Å². The minimum Gasteiger partial charge on any atom is -0.469 e. The van der Waals surface area contributed by atoms with Gasteiger partial charge in [0.25, 0.3) is 0 Å². The van der Waals surface area contributed by atoms with Crippen molar-refractivity contribution in [2.45, 2.75) is 25.3 Å². The van der Waals surface area contributed by atoms with Gasteiger partial charge in [-0.1, -0.05) is 0 Å². The molecule has 0 radical (unpaired) electrons. The smallest absolute Gasteiger partial charge is 0.105 e. The number of piperidine rings is 1. The van der Waals surface area contributed by atoms with Crippen LogP contribution in [0.25, 0.3) is 0 Å². The quantitative estimate of drug-likeness (QED) is 0.755. The Labute approximate surface area is 84.9 Å². The van der Waals surface area contributed by atoms with E-state index in [4.69, 9.17) is 4.42 Å². The average molecular weight is 194 g/mol. The molecule has 1 aromatic heterocycles. The van der Waals surface area contributed by atoms with Crippen molar-refractivity contribution in [3.8, 4) is 0 Å². The normalized spacial score (nSPS) is 22.4. The minimum atomic E-state index is 0.652. The summed E-state index contributed by atoms with van der Waals surface area (Å²) in [6.07, 6.45) is 5.31. The number of nitrogens with one attached hydrogen (secondary N) is 2. The van der Waals surface area contributed by atoms with Crippen LogP contribution in [0.5, 0.6) is 0 Å². The minimum absolute atomic E-state index is 0.652. The van der Waals surface area contributed by atoms with E-state index in [1.807, 2.05) is 12.1 Å². The van der Waals surface area contributed by atoms with E-state index in [2.05, 4.69) is 10.6 Å². The van der Waals surface area contributed by atoms with E-state index >= 15 is 0 Å². The van der Waals surface area contributed by atoms with Crippen LogP contribution >= 0.6 is 0 Å². The second-order valence-electron chi connectivity index (χ2n) is 3.83. The summed E-state index contributed by atoms with van der Waals surface area (Å²) in [6, 6.07) is 4.62. The van der Waals surface area contributed by atoms with Gasteiger partial charge in [-0.25, -0.2) is 0 Å². The molecule has 14 heavy (non-hydrogen) atoms. The summed E-state index contributed by atoms with van der Waals surface area (Å²) in [6.45, 7) is 3.30. The average Bonchev–Trinajstić information content (AvgIpc) is 2.72. The molecule has 1 saturated heterocycles. The molecule has 1 aromatic rings. The molecule has 1 atom stereocenters. The van der Waals surface area contributed by atoms with E-state index in [0.717, 1.165) is 25.3 Å². The second kappa shape index (κ2) is 5.17. The molecule has 2 heterocycles. The number of furan rings is 1. The molecule has 1 aliphatic heterocycles. The Bertz CT molecular complexity index is 240. The molecule has 0 aliphatic carbocycles. The van der Waals surface area contributed by atoms with Crippen molar-refractivity contribution in [3.63, 3.8) is 0 Å². The Morgan fingerprint density at radius 1 is 1.57 bits per heavy atom. The predicted molar refractivity (Wildman–Crippen MR) is 56.3 cm³/mol. The van der Waals surface area contributed by atoms with Crippen LogP contribution in [0.4, 0.5) is 0 Å². The van der Waals surface area contributed by atoms with Crippen LogP contribution in [0.1, 0.15) is 18.6 Å². The molecule has 0 aromatic carbocycles. The Hall–Kier alpha value is -0.800. The lowest BCUT2D eigenvalue weighted by atomic mass is 10.1. The van der Waals surface area contributed by atoms with Crippen LogP contribution in [0.3, 0.4) is 0 Å². The van der Waals surface area contributed by atoms with Gasteiger partial charge in [0.1, 0.15) is 5.76 Å². The van der Waals surface area contributed by atoms with Crippen LogP contribution in [0, 0.1) is 0 Å². The van der Waals surface area contributed by atoms with Crippen molar-refractivity contribution in [2.75, 3.05) is 19.6 Å². The topological polar surface area (TPSA) is 37.2 Å². The molecule has 78 valence electrons. The summed E-state index contributed by atoms with van der Waals surface area (Å²) >= 11 is 0. The molecule has 2 rings (SSSR count). The summed E-state index contributed by atoms with van der Waals surface area (Å²) in [5, 5.41) is 6.93. The highest BCUT2D eigenvalue weighted by molar-refractivity contribution is 4.98. The maximum absolute atomic E-state index is 5.27. The van der Waals surface area contributed by atoms with Gasteiger partial charge in [-0.2, -0.15) is 0 Å². The highest BCUT2D eigenvalue weighted by Gasteiger charge is 2.11. The van der Waals surface area contributed by atoms with Gasteiger partial charge in [-0.15, -0.1) is 0 Å². The first kappa shape index (κ1) is 9.74. The van der Waals surface area contributed by atoms with Gasteiger partial charge in [-0.3, -0.25) is 0 Å². The van der Waals surface area contributed by atoms with Gasteiger partial charge in [0, 0.05) is 25.6 Å². The fourth-order valence-corrected chi connectivity index (χ4v) is 1.88. The molecule has 0 saturated carbocycles. The molecule has 2 N–H and O–H groups in total. The van der Waals surface area contributed by atoms with Crippen LogP contribution in [-0.4, -0.2) is 25.7 Å². The molecule has 3 nitrogen and oxygen atoms in total. The van der Waals surface area contributed by atoms with Crippen molar-refractivity contribution in [3.05, 3.63) is 24.2 Å². The van der Waals surface area contributed by atoms with E-state index in [0.29, 0.717) is 6.04 Å². The Kier molecular flexibility index (Phi) is 3.60. The molecule has 3 heteroatoms. The van der Waals surface area contributed by atoms with Crippen molar-refractivity contribution in [2.24, 2.45) is 0 Å². The summed E-state index contributed by atoms with van der Waals surface area (Å²) in [7, 11) is 0. The fourth-order valence-electron chi connectivity index (χ4n) is 1.88. The lowest BCUT2D eigenvalue weighted by Crippen LogP contribution is -2.43. The summed E-state index contributed by atoms with van der Waals surface area (Å²) in [5.41, 5.74) is 0. The molecular weight excluding hydrogens is 176 g/mol. The summed E-state index contributed by atoms with van der Waals surface area (Å²) < 4.78 is 5.27. The zero-order valence-electron chi connectivity index (χ0n) is 8.46. The van der Waals surface area contributed by atoms with Crippen LogP contribution in [-0.2, 0) is 6.42 Å². The van der Waals surface area contributed by atoms with Crippen molar-refractivity contribution >= 4 is 0 Å². The number of hydrogen-bond donors (Lipinski definition) is 2. The number of rotatable bonds is 4. The second-order valence-corrected chi connectivity index (χ2v) is 3.83. The van der Waals surface area contributed by atoms with Crippen LogP contribution in [0.2, 0.25) is 0 Å². The van der Waals surface area contributed by atoms with Crippen molar-refractivity contribution < 1.29 is 4.42 Å². The Morgan fingerprint density at radius 2 is 2.57 bits per heavy atom. The van der Waals surface area contributed by atoms with E-state index in [1.165, 1.54) is 19.4 Å². The molecule has 0 spiro atoms. The molecular formula is C11H18N2O. The lowest BCUT2D eigenvalue weighted by Gasteiger charge is -2.23. The first-order valence-corrected chi connectivity index (χ1v) is 5.41. The van der Waals surface area contributed by atoms with Gasteiger partial charge in [0.15, 0.2) is 0 Å². The largest absolute Gasteiger partial charge is 0.469 e. The summed E-state index contributed by atoms with van der Waals surface area (Å²) in [4.78, 5) is 0. The van der Waals surface area contributed by atoms with Gasteiger partial charge in [-0.05, 0) is 31.5 Å². The third-order valence-electron chi connectivity index (χ3n) is 2.68. The molecule has 1 aliphatic rings. The zero-order chi connectivity index (χ0) is 9.64. The third kappa shape index (κ3) is 2.86. The van der Waals surface area contributed by atoms with Crippen LogP contribution in [0.15, 0.2) is 22.8 Å².